The zero-order valence-electron chi connectivity index (χ0n) is 11.2. The molecule has 0 saturated heterocycles. The van der Waals surface area contributed by atoms with Crippen LogP contribution in [0.1, 0.15) is 17.4 Å². The van der Waals surface area contributed by atoms with E-state index in [4.69, 9.17) is 11.6 Å². The van der Waals surface area contributed by atoms with Crippen molar-refractivity contribution in [2.24, 2.45) is 7.05 Å². The molecular weight excluding hydrogens is 274 g/mol. The van der Waals surface area contributed by atoms with Crippen LogP contribution in [0.4, 0.5) is 0 Å². The van der Waals surface area contributed by atoms with Gasteiger partial charge < -0.3 is 5.32 Å². The standard InChI is InChI=1S/C14H14ClN5/c1-16-13(14-9(15)7-18-20(14)2)12-8-17-10-5-3-4-6-11(10)19-12/h3-8,13,16H,1-2H3. The van der Waals surface area contributed by atoms with E-state index in [9.17, 15) is 0 Å². The van der Waals surface area contributed by atoms with Gasteiger partial charge in [0, 0.05) is 7.05 Å². The van der Waals surface area contributed by atoms with Crippen LogP contribution >= 0.6 is 11.6 Å². The Balaban J connectivity index is 2.12. The van der Waals surface area contributed by atoms with Crippen molar-refractivity contribution in [3.8, 4) is 0 Å². The van der Waals surface area contributed by atoms with E-state index in [0.29, 0.717) is 5.02 Å². The van der Waals surface area contributed by atoms with Crippen molar-refractivity contribution in [3.63, 3.8) is 0 Å². The second-order valence-electron chi connectivity index (χ2n) is 4.51. The van der Waals surface area contributed by atoms with Gasteiger partial charge in [-0.05, 0) is 19.2 Å². The summed E-state index contributed by atoms with van der Waals surface area (Å²) >= 11 is 6.22. The Morgan fingerprint density at radius 3 is 2.60 bits per heavy atom. The van der Waals surface area contributed by atoms with Crippen LogP contribution in [-0.4, -0.2) is 26.8 Å². The Hall–Kier alpha value is -1.98. The second kappa shape index (κ2) is 5.19. The first-order valence-corrected chi connectivity index (χ1v) is 6.65. The fourth-order valence-corrected chi connectivity index (χ4v) is 2.56. The third kappa shape index (κ3) is 2.15. The van der Waals surface area contributed by atoms with Crippen molar-refractivity contribution in [1.82, 2.24) is 25.1 Å². The molecule has 1 N–H and O–H groups in total. The largest absolute Gasteiger partial charge is 0.307 e. The lowest BCUT2D eigenvalue weighted by Crippen LogP contribution is -2.22. The summed E-state index contributed by atoms with van der Waals surface area (Å²) in [5.41, 5.74) is 3.43. The topological polar surface area (TPSA) is 55.6 Å². The maximum absolute atomic E-state index is 6.22. The van der Waals surface area contributed by atoms with E-state index in [1.54, 1.807) is 17.1 Å². The molecule has 0 radical (unpaired) electrons. The monoisotopic (exact) mass is 287 g/mol. The molecule has 102 valence electrons. The summed E-state index contributed by atoms with van der Waals surface area (Å²) in [6.45, 7) is 0. The minimum absolute atomic E-state index is 0.146. The van der Waals surface area contributed by atoms with Gasteiger partial charge in [-0.2, -0.15) is 5.10 Å². The fourth-order valence-electron chi connectivity index (χ4n) is 2.28. The molecule has 0 aliphatic heterocycles. The highest BCUT2D eigenvalue weighted by Crippen LogP contribution is 2.26. The highest BCUT2D eigenvalue weighted by molar-refractivity contribution is 6.31. The summed E-state index contributed by atoms with van der Waals surface area (Å²) in [7, 11) is 3.73. The highest BCUT2D eigenvalue weighted by Gasteiger charge is 2.21. The maximum Gasteiger partial charge on any atom is 0.0950 e. The van der Waals surface area contributed by atoms with E-state index >= 15 is 0 Å². The molecule has 1 atom stereocenters. The van der Waals surface area contributed by atoms with Crippen molar-refractivity contribution >= 4 is 22.6 Å². The van der Waals surface area contributed by atoms with Crippen molar-refractivity contribution in [1.29, 1.82) is 0 Å². The van der Waals surface area contributed by atoms with Crippen LogP contribution in [0, 0.1) is 0 Å². The fraction of sp³-hybridized carbons (Fsp3) is 0.214. The lowest BCUT2D eigenvalue weighted by molar-refractivity contribution is 0.594. The van der Waals surface area contributed by atoms with E-state index in [0.717, 1.165) is 22.4 Å². The molecule has 1 unspecified atom stereocenters. The molecule has 0 aliphatic carbocycles. The van der Waals surface area contributed by atoms with Gasteiger partial charge in [0.05, 0.1) is 45.9 Å². The normalized spacial score (nSPS) is 12.8. The van der Waals surface area contributed by atoms with Crippen LogP contribution in [0.3, 0.4) is 0 Å². The summed E-state index contributed by atoms with van der Waals surface area (Å²) in [6, 6.07) is 7.64. The van der Waals surface area contributed by atoms with Gasteiger partial charge in [-0.15, -0.1) is 0 Å². The van der Waals surface area contributed by atoms with Crippen molar-refractivity contribution in [3.05, 3.63) is 53.1 Å². The molecule has 0 aliphatic rings. The van der Waals surface area contributed by atoms with Crippen LogP contribution in [0.25, 0.3) is 11.0 Å². The molecule has 2 heterocycles. The average molecular weight is 288 g/mol. The van der Waals surface area contributed by atoms with Gasteiger partial charge in [-0.3, -0.25) is 9.67 Å². The van der Waals surface area contributed by atoms with Crippen LogP contribution in [-0.2, 0) is 7.05 Å². The Morgan fingerprint density at radius 1 is 1.20 bits per heavy atom. The first-order chi connectivity index (χ1) is 9.70. The minimum Gasteiger partial charge on any atom is -0.307 e. The molecular formula is C14H14ClN5. The Labute approximate surface area is 121 Å². The number of benzene rings is 1. The third-order valence-corrected chi connectivity index (χ3v) is 3.55. The molecule has 20 heavy (non-hydrogen) atoms. The highest BCUT2D eigenvalue weighted by atomic mass is 35.5. The van der Waals surface area contributed by atoms with E-state index < -0.39 is 0 Å². The molecule has 0 spiro atoms. The maximum atomic E-state index is 6.22. The lowest BCUT2D eigenvalue weighted by atomic mass is 10.1. The van der Waals surface area contributed by atoms with E-state index in [1.165, 1.54) is 0 Å². The number of para-hydroxylation sites is 2. The smallest absolute Gasteiger partial charge is 0.0950 e. The summed E-state index contributed by atoms with van der Waals surface area (Å²) < 4.78 is 1.75. The van der Waals surface area contributed by atoms with Gasteiger partial charge in [0.25, 0.3) is 0 Å². The summed E-state index contributed by atoms with van der Waals surface area (Å²) in [5, 5.41) is 8.00. The van der Waals surface area contributed by atoms with Crippen molar-refractivity contribution in [2.45, 2.75) is 6.04 Å². The molecule has 0 bridgehead atoms. The van der Waals surface area contributed by atoms with Crippen molar-refractivity contribution in [2.75, 3.05) is 7.05 Å². The molecule has 0 fully saturated rings. The van der Waals surface area contributed by atoms with Crippen LogP contribution in [0.15, 0.2) is 36.7 Å². The summed E-state index contributed by atoms with van der Waals surface area (Å²) in [6.07, 6.45) is 3.41. The number of aromatic nitrogens is 4. The summed E-state index contributed by atoms with van der Waals surface area (Å²) in [5.74, 6) is 0. The van der Waals surface area contributed by atoms with Gasteiger partial charge in [-0.1, -0.05) is 23.7 Å². The molecule has 6 heteroatoms. The first kappa shape index (κ1) is 13.0. The molecule has 2 aromatic heterocycles. The number of rotatable bonds is 3. The van der Waals surface area contributed by atoms with Crippen LogP contribution in [0.2, 0.25) is 5.02 Å². The van der Waals surface area contributed by atoms with Gasteiger partial charge in [0.1, 0.15) is 0 Å². The predicted molar refractivity (Wildman–Crippen MR) is 78.7 cm³/mol. The molecule has 0 amide bonds. The Kier molecular flexibility index (Phi) is 3.38. The average Bonchev–Trinajstić information content (AvgIpc) is 2.80. The zero-order chi connectivity index (χ0) is 14.1. The Morgan fingerprint density at radius 2 is 1.95 bits per heavy atom. The molecule has 1 aromatic carbocycles. The van der Waals surface area contributed by atoms with E-state index in [2.05, 4.69) is 20.4 Å². The van der Waals surface area contributed by atoms with Gasteiger partial charge in [-0.25, -0.2) is 4.98 Å². The minimum atomic E-state index is -0.146. The van der Waals surface area contributed by atoms with E-state index in [-0.39, 0.29) is 6.04 Å². The number of hydrogen-bond acceptors (Lipinski definition) is 4. The quantitative estimate of drug-likeness (QED) is 0.803. The number of fused-ring (bicyclic) bond motifs is 1. The first-order valence-electron chi connectivity index (χ1n) is 6.27. The van der Waals surface area contributed by atoms with Gasteiger partial charge in [0.2, 0.25) is 0 Å². The summed E-state index contributed by atoms with van der Waals surface area (Å²) in [4.78, 5) is 9.10. The second-order valence-corrected chi connectivity index (χ2v) is 4.91. The molecule has 5 nitrogen and oxygen atoms in total. The molecule has 0 saturated carbocycles. The number of nitrogens with one attached hydrogen (secondary N) is 1. The van der Waals surface area contributed by atoms with Gasteiger partial charge in [0.15, 0.2) is 0 Å². The zero-order valence-corrected chi connectivity index (χ0v) is 12.0. The number of nitrogens with zero attached hydrogens (tertiary/aromatic N) is 4. The van der Waals surface area contributed by atoms with Crippen LogP contribution in [0.5, 0.6) is 0 Å². The molecule has 3 rings (SSSR count). The van der Waals surface area contributed by atoms with E-state index in [1.807, 2.05) is 38.4 Å². The number of halogens is 1. The predicted octanol–water partition coefficient (Wildman–Crippen LogP) is 2.33. The number of hydrogen-bond donors (Lipinski definition) is 1. The lowest BCUT2D eigenvalue weighted by Gasteiger charge is -2.16. The Bertz CT molecular complexity index is 733. The van der Waals surface area contributed by atoms with Gasteiger partial charge >= 0.3 is 0 Å². The number of aryl methyl sites for hydroxylation is 1. The SMILES string of the molecule is CNC(c1cnc2ccccc2n1)c1c(Cl)cnn1C. The third-order valence-electron chi connectivity index (χ3n) is 3.26. The molecule has 3 aromatic rings. The van der Waals surface area contributed by atoms with Crippen LogP contribution < -0.4 is 5.32 Å². The van der Waals surface area contributed by atoms with Crippen molar-refractivity contribution < 1.29 is 0 Å².